The molecule has 3 heterocycles. The molecular weight excluding hydrogens is 358 g/mol. The fourth-order valence-electron chi connectivity index (χ4n) is 3.19. The van der Waals surface area contributed by atoms with Gasteiger partial charge >= 0.3 is 0 Å². The molecule has 0 aliphatic carbocycles. The number of carbonyl (C=O) groups is 1. The highest BCUT2D eigenvalue weighted by molar-refractivity contribution is 6.32. The van der Waals surface area contributed by atoms with Gasteiger partial charge in [0.15, 0.2) is 5.82 Å². The predicted molar refractivity (Wildman–Crippen MR) is 94.9 cm³/mol. The third kappa shape index (κ3) is 2.64. The van der Waals surface area contributed by atoms with Crippen LogP contribution in [0.25, 0.3) is 5.82 Å². The summed E-state index contributed by atoms with van der Waals surface area (Å²) in [4.78, 5) is 23.5. The van der Waals surface area contributed by atoms with E-state index in [1.807, 2.05) is 6.92 Å². The minimum Gasteiger partial charge on any atom is -0.506 e. The number of aryl methyl sites for hydroxylation is 1. The second kappa shape index (κ2) is 5.99. The van der Waals surface area contributed by atoms with Crippen LogP contribution in [-0.2, 0) is 4.79 Å². The second-order valence-corrected chi connectivity index (χ2v) is 6.46. The molecule has 1 atom stereocenters. The van der Waals surface area contributed by atoms with E-state index in [1.165, 1.54) is 22.9 Å². The molecule has 1 aromatic carbocycles. The number of fused-ring (bicyclic) bond motifs is 1. The molecule has 2 aromatic heterocycles. The first-order valence-electron chi connectivity index (χ1n) is 7.88. The summed E-state index contributed by atoms with van der Waals surface area (Å²) in [5, 5.41) is 23.5. The van der Waals surface area contributed by atoms with Gasteiger partial charge in [0.25, 0.3) is 5.56 Å². The number of phenols is 1. The zero-order valence-corrected chi connectivity index (χ0v) is 14.4. The fraction of sp³-hybridized carbons (Fsp3) is 0.176. The van der Waals surface area contributed by atoms with Crippen molar-refractivity contribution in [3.05, 3.63) is 62.5 Å². The van der Waals surface area contributed by atoms with Crippen molar-refractivity contribution in [3.63, 3.8) is 0 Å². The number of hydrogen-bond donors (Lipinski definition) is 3. The van der Waals surface area contributed by atoms with Crippen LogP contribution in [-0.4, -0.2) is 31.0 Å². The maximum absolute atomic E-state index is 12.3. The number of aromatic hydroxyl groups is 1. The number of benzene rings is 1. The lowest BCUT2D eigenvalue weighted by Gasteiger charge is -2.24. The molecule has 9 heteroatoms. The molecule has 0 unspecified atom stereocenters. The van der Waals surface area contributed by atoms with E-state index < -0.39 is 0 Å². The van der Waals surface area contributed by atoms with E-state index in [-0.39, 0.29) is 34.6 Å². The molecule has 0 bridgehead atoms. The molecule has 8 nitrogen and oxygen atoms in total. The first-order valence-corrected chi connectivity index (χ1v) is 8.25. The number of H-pyrrole nitrogens is 1. The maximum Gasteiger partial charge on any atom is 0.264 e. The van der Waals surface area contributed by atoms with E-state index in [1.54, 1.807) is 12.1 Å². The fourth-order valence-corrected chi connectivity index (χ4v) is 3.38. The maximum atomic E-state index is 12.3. The highest BCUT2D eigenvalue weighted by Gasteiger charge is 2.33. The number of rotatable bonds is 2. The summed E-state index contributed by atoms with van der Waals surface area (Å²) in [6, 6.07) is 7.77. The summed E-state index contributed by atoms with van der Waals surface area (Å²) in [6.45, 7) is 1.84. The Hall–Kier alpha value is -3.13. The van der Waals surface area contributed by atoms with Crippen LogP contribution in [0.15, 0.2) is 35.1 Å². The lowest BCUT2D eigenvalue weighted by molar-refractivity contribution is -0.116. The minimum atomic E-state index is -0.327. The third-order valence-electron chi connectivity index (χ3n) is 4.36. The Kier molecular flexibility index (Phi) is 3.77. The van der Waals surface area contributed by atoms with Crippen LogP contribution in [0.1, 0.15) is 29.2 Å². The van der Waals surface area contributed by atoms with Crippen LogP contribution >= 0.6 is 11.6 Å². The van der Waals surface area contributed by atoms with Gasteiger partial charge < -0.3 is 10.4 Å². The van der Waals surface area contributed by atoms with Crippen molar-refractivity contribution in [2.45, 2.75) is 19.3 Å². The van der Waals surface area contributed by atoms with Gasteiger partial charge in [0.2, 0.25) is 5.91 Å². The number of nitrogens with zero attached hydrogens (tertiary/aromatic N) is 3. The minimum absolute atomic E-state index is 0.0132. The molecule has 1 amide bonds. The molecule has 1 aliphatic rings. The van der Waals surface area contributed by atoms with Gasteiger partial charge in [-0.05, 0) is 30.7 Å². The van der Waals surface area contributed by atoms with E-state index >= 15 is 0 Å². The standard InChI is InChI=1S/C17H14ClN5O3/c1-8-16-10(9-2-3-12(24)11(18)6-9)7-15(26)19-17(16)23(22-8)13-4-5-14(25)21-20-13/h2-6,10,24H,7H2,1H3,(H,19,26)(H,21,25)/t10-/m1/s1. The molecule has 3 aromatic rings. The third-order valence-corrected chi connectivity index (χ3v) is 4.66. The average molecular weight is 372 g/mol. The Morgan fingerprint density at radius 3 is 2.77 bits per heavy atom. The highest BCUT2D eigenvalue weighted by atomic mass is 35.5. The zero-order chi connectivity index (χ0) is 18.4. The molecule has 0 fully saturated rings. The molecule has 3 N–H and O–H groups in total. The Morgan fingerprint density at radius 2 is 2.08 bits per heavy atom. The van der Waals surface area contributed by atoms with Crippen LogP contribution in [0.5, 0.6) is 5.75 Å². The van der Waals surface area contributed by atoms with Gasteiger partial charge in [-0.25, -0.2) is 5.10 Å². The summed E-state index contributed by atoms with van der Waals surface area (Å²) in [5.41, 5.74) is 2.05. The number of halogens is 1. The predicted octanol–water partition coefficient (Wildman–Crippen LogP) is 2.10. The Morgan fingerprint density at radius 1 is 1.27 bits per heavy atom. The van der Waals surface area contributed by atoms with E-state index in [0.29, 0.717) is 11.6 Å². The Bertz CT molecular complexity index is 1070. The number of hydrogen-bond acceptors (Lipinski definition) is 5. The van der Waals surface area contributed by atoms with Crippen LogP contribution in [0, 0.1) is 6.92 Å². The second-order valence-electron chi connectivity index (χ2n) is 6.05. The molecule has 0 saturated heterocycles. The zero-order valence-electron chi connectivity index (χ0n) is 13.7. The summed E-state index contributed by atoms with van der Waals surface area (Å²) in [6.07, 6.45) is 0.236. The SMILES string of the molecule is Cc1nn(-c2ccc(=O)[nH]n2)c2c1[C@@H](c1ccc(O)c(Cl)c1)CC(=O)N2. The van der Waals surface area contributed by atoms with E-state index in [2.05, 4.69) is 20.6 Å². The largest absolute Gasteiger partial charge is 0.506 e. The number of aromatic nitrogens is 4. The summed E-state index contributed by atoms with van der Waals surface area (Å²) < 4.78 is 1.49. The first-order chi connectivity index (χ1) is 12.4. The number of nitrogens with one attached hydrogen (secondary N) is 2. The Balaban J connectivity index is 1.88. The number of amides is 1. The van der Waals surface area contributed by atoms with Crippen LogP contribution in [0.3, 0.4) is 0 Å². The molecule has 1 aliphatic heterocycles. The van der Waals surface area contributed by atoms with E-state index in [4.69, 9.17) is 11.6 Å². The Labute approximate surface area is 152 Å². The van der Waals surface area contributed by atoms with Crippen LogP contribution in [0.4, 0.5) is 5.82 Å². The van der Waals surface area contributed by atoms with Crippen molar-refractivity contribution in [3.8, 4) is 11.6 Å². The molecule has 132 valence electrons. The molecular formula is C17H14ClN5O3. The van der Waals surface area contributed by atoms with Crippen molar-refractivity contribution in [1.29, 1.82) is 0 Å². The van der Waals surface area contributed by atoms with Crippen LogP contribution < -0.4 is 10.9 Å². The molecule has 4 rings (SSSR count). The van der Waals surface area contributed by atoms with Gasteiger partial charge in [0, 0.05) is 24.0 Å². The summed E-state index contributed by atoms with van der Waals surface area (Å²) in [5.74, 6) is 0.456. The number of phenolic OH excluding ortho intramolecular Hbond substituents is 1. The quantitative estimate of drug-likeness (QED) is 0.638. The van der Waals surface area contributed by atoms with Crippen LogP contribution in [0.2, 0.25) is 5.02 Å². The van der Waals surface area contributed by atoms with Crippen molar-refractivity contribution in [2.75, 3.05) is 5.32 Å². The topological polar surface area (TPSA) is 113 Å². The van der Waals surface area contributed by atoms with Crippen molar-refractivity contribution < 1.29 is 9.90 Å². The van der Waals surface area contributed by atoms with Gasteiger partial charge in [0.1, 0.15) is 11.6 Å². The first kappa shape index (κ1) is 16.3. The summed E-state index contributed by atoms with van der Waals surface area (Å²) in [7, 11) is 0. The van der Waals surface area contributed by atoms with Gasteiger partial charge in [-0.15, -0.1) is 0 Å². The van der Waals surface area contributed by atoms with Gasteiger partial charge in [0.05, 0.1) is 10.7 Å². The number of aromatic amines is 1. The number of carbonyl (C=O) groups excluding carboxylic acids is 1. The van der Waals surface area contributed by atoms with E-state index in [9.17, 15) is 14.7 Å². The number of anilines is 1. The molecule has 26 heavy (non-hydrogen) atoms. The van der Waals surface area contributed by atoms with Gasteiger partial charge in [-0.2, -0.15) is 14.9 Å². The smallest absolute Gasteiger partial charge is 0.264 e. The summed E-state index contributed by atoms with van der Waals surface area (Å²) >= 11 is 6.04. The molecule has 0 radical (unpaired) electrons. The lowest BCUT2D eigenvalue weighted by atomic mass is 9.86. The highest BCUT2D eigenvalue weighted by Crippen LogP contribution is 2.41. The monoisotopic (exact) mass is 371 g/mol. The van der Waals surface area contributed by atoms with Crippen molar-refractivity contribution >= 4 is 23.3 Å². The average Bonchev–Trinajstić information content (AvgIpc) is 2.94. The lowest BCUT2D eigenvalue weighted by Crippen LogP contribution is -2.25. The van der Waals surface area contributed by atoms with Gasteiger partial charge in [-0.3, -0.25) is 9.59 Å². The normalized spacial score (nSPS) is 16.2. The van der Waals surface area contributed by atoms with E-state index in [0.717, 1.165) is 16.8 Å². The van der Waals surface area contributed by atoms with Crippen molar-refractivity contribution in [2.24, 2.45) is 0 Å². The molecule has 0 saturated carbocycles. The molecule has 0 spiro atoms. The van der Waals surface area contributed by atoms with Crippen molar-refractivity contribution in [1.82, 2.24) is 20.0 Å². The van der Waals surface area contributed by atoms with Gasteiger partial charge in [-0.1, -0.05) is 17.7 Å².